The van der Waals surface area contributed by atoms with Crippen molar-refractivity contribution in [2.45, 2.75) is 32.9 Å². The molecule has 0 heterocycles. The molecule has 0 radical (unpaired) electrons. The fourth-order valence-electron chi connectivity index (χ4n) is 1.94. The van der Waals surface area contributed by atoms with Crippen molar-refractivity contribution in [1.82, 2.24) is 0 Å². The molecule has 0 aromatic heterocycles. The van der Waals surface area contributed by atoms with Crippen LogP contribution in [0.1, 0.15) is 25.8 Å². The fourth-order valence-corrected chi connectivity index (χ4v) is 2.68. The summed E-state index contributed by atoms with van der Waals surface area (Å²) in [7, 11) is 0. The molecule has 2 rings (SSSR count). The second-order valence-electron chi connectivity index (χ2n) is 5.07. The Kier molecular flexibility index (Phi) is 6.25. The number of anilines is 1. The highest BCUT2D eigenvalue weighted by Gasteiger charge is 2.11. The number of nitrogens with one attached hydrogen (secondary N) is 1. The van der Waals surface area contributed by atoms with Gasteiger partial charge in [0, 0.05) is 11.6 Å². The zero-order chi connectivity index (χ0) is 16.1. The third kappa shape index (κ3) is 4.22. The van der Waals surface area contributed by atoms with Gasteiger partial charge in [-0.05, 0) is 31.5 Å². The highest BCUT2D eigenvalue weighted by Crippen LogP contribution is 2.34. The molecule has 0 fully saturated rings. The molecule has 2 aromatic rings. The molecule has 0 saturated carbocycles. The Morgan fingerprint density at radius 2 is 1.68 bits per heavy atom. The first kappa shape index (κ1) is 17.3. The second kappa shape index (κ2) is 7.96. The second-order valence-corrected chi connectivity index (χ2v) is 6.26. The number of halogens is 3. The van der Waals surface area contributed by atoms with Gasteiger partial charge in [-0.2, -0.15) is 0 Å². The largest absolute Gasteiger partial charge is 0.486 e. The molecule has 0 spiro atoms. The van der Waals surface area contributed by atoms with Crippen LogP contribution in [-0.2, 0) is 6.61 Å². The van der Waals surface area contributed by atoms with E-state index in [0.717, 1.165) is 17.7 Å². The topological polar surface area (TPSA) is 21.3 Å². The summed E-state index contributed by atoms with van der Waals surface area (Å²) in [5, 5.41) is 5.01. The van der Waals surface area contributed by atoms with Crippen molar-refractivity contribution >= 4 is 40.5 Å². The van der Waals surface area contributed by atoms with E-state index in [1.807, 2.05) is 18.2 Å². The maximum atomic E-state index is 6.45. The molecule has 118 valence electrons. The van der Waals surface area contributed by atoms with Crippen LogP contribution in [0.2, 0.25) is 15.1 Å². The number of rotatable bonds is 6. The Hall–Kier alpha value is -1.09. The molecule has 0 aliphatic carbocycles. The monoisotopic (exact) mass is 357 g/mol. The lowest BCUT2D eigenvalue weighted by Gasteiger charge is -2.17. The highest BCUT2D eigenvalue weighted by atomic mass is 35.5. The predicted molar refractivity (Wildman–Crippen MR) is 95.6 cm³/mol. The summed E-state index contributed by atoms with van der Waals surface area (Å²) in [6, 6.07) is 11.4. The van der Waals surface area contributed by atoms with E-state index in [-0.39, 0.29) is 0 Å². The van der Waals surface area contributed by atoms with Gasteiger partial charge in [0.1, 0.15) is 6.61 Å². The molecule has 2 nitrogen and oxygen atoms in total. The minimum atomic E-state index is 0.304. The van der Waals surface area contributed by atoms with E-state index in [1.54, 1.807) is 18.2 Å². The van der Waals surface area contributed by atoms with E-state index in [0.29, 0.717) is 33.5 Å². The summed E-state index contributed by atoms with van der Waals surface area (Å²) in [6.45, 7) is 4.54. The van der Waals surface area contributed by atoms with Gasteiger partial charge in [-0.1, -0.05) is 59.9 Å². The number of ether oxygens (including phenoxy) is 1. The lowest BCUT2D eigenvalue weighted by Crippen LogP contribution is -2.14. The molecular weight excluding hydrogens is 341 g/mol. The van der Waals surface area contributed by atoms with E-state index in [9.17, 15) is 0 Å². The van der Waals surface area contributed by atoms with Crippen molar-refractivity contribution in [2.75, 3.05) is 5.32 Å². The predicted octanol–water partition coefficient (Wildman–Crippen LogP) is 6.44. The van der Waals surface area contributed by atoms with Crippen molar-refractivity contribution in [2.24, 2.45) is 0 Å². The average Bonchev–Trinajstić information content (AvgIpc) is 2.50. The Morgan fingerprint density at radius 1 is 1.05 bits per heavy atom. The van der Waals surface area contributed by atoms with Gasteiger partial charge >= 0.3 is 0 Å². The third-order valence-electron chi connectivity index (χ3n) is 3.38. The number of hydrogen-bond acceptors (Lipinski definition) is 2. The highest BCUT2D eigenvalue weighted by molar-refractivity contribution is 6.37. The molecule has 0 bridgehead atoms. The van der Waals surface area contributed by atoms with E-state index < -0.39 is 0 Å². The standard InChI is InChI=1S/C17H18Cl3NO/c1-3-11(2)21-15-9-4-6-12(16(15)20)10-22-17-13(18)7-5-8-14(17)19/h4-9,11,21H,3,10H2,1-2H3. The Bertz CT molecular complexity index is 626. The number of benzene rings is 2. The van der Waals surface area contributed by atoms with Crippen LogP contribution in [0.3, 0.4) is 0 Å². The molecule has 2 aromatic carbocycles. The Balaban J connectivity index is 2.15. The molecule has 5 heteroatoms. The molecular formula is C17H18Cl3NO. The minimum Gasteiger partial charge on any atom is -0.486 e. The van der Waals surface area contributed by atoms with E-state index in [1.165, 1.54) is 0 Å². The molecule has 0 aliphatic heterocycles. The molecule has 1 unspecified atom stereocenters. The molecule has 0 saturated heterocycles. The summed E-state index contributed by atoms with van der Waals surface area (Å²) in [6.07, 6.45) is 1.02. The number of para-hydroxylation sites is 1. The zero-order valence-electron chi connectivity index (χ0n) is 12.5. The van der Waals surface area contributed by atoms with Crippen LogP contribution in [0.5, 0.6) is 5.75 Å². The molecule has 1 N–H and O–H groups in total. The van der Waals surface area contributed by atoms with Gasteiger partial charge in [0.05, 0.1) is 20.8 Å². The quantitative estimate of drug-likeness (QED) is 0.642. The van der Waals surface area contributed by atoms with Crippen molar-refractivity contribution in [3.63, 3.8) is 0 Å². The third-order valence-corrected chi connectivity index (χ3v) is 4.43. The minimum absolute atomic E-state index is 0.304. The maximum absolute atomic E-state index is 6.45. The lowest BCUT2D eigenvalue weighted by atomic mass is 10.2. The molecule has 22 heavy (non-hydrogen) atoms. The molecule has 1 atom stereocenters. The summed E-state index contributed by atoms with van der Waals surface area (Å²) >= 11 is 18.6. The van der Waals surface area contributed by atoms with Crippen molar-refractivity contribution in [1.29, 1.82) is 0 Å². The van der Waals surface area contributed by atoms with Gasteiger partial charge in [-0.3, -0.25) is 0 Å². The first-order valence-electron chi connectivity index (χ1n) is 7.13. The van der Waals surface area contributed by atoms with Gasteiger partial charge in [-0.15, -0.1) is 0 Å². The lowest BCUT2D eigenvalue weighted by molar-refractivity contribution is 0.307. The van der Waals surface area contributed by atoms with Gasteiger partial charge in [0.2, 0.25) is 0 Å². The van der Waals surface area contributed by atoms with Gasteiger partial charge in [0.25, 0.3) is 0 Å². The van der Waals surface area contributed by atoms with Crippen LogP contribution in [0.25, 0.3) is 0 Å². The summed E-state index contributed by atoms with van der Waals surface area (Å²) in [5.74, 6) is 0.474. The fraction of sp³-hybridized carbons (Fsp3) is 0.294. The van der Waals surface area contributed by atoms with E-state index in [2.05, 4.69) is 19.2 Å². The molecule has 0 amide bonds. The molecule has 0 aliphatic rings. The summed E-state index contributed by atoms with van der Waals surface area (Å²) in [5.41, 5.74) is 1.79. The van der Waals surface area contributed by atoms with Gasteiger partial charge < -0.3 is 10.1 Å². The smallest absolute Gasteiger partial charge is 0.156 e. The number of hydrogen-bond donors (Lipinski definition) is 1. The van der Waals surface area contributed by atoms with Crippen LogP contribution >= 0.6 is 34.8 Å². The maximum Gasteiger partial charge on any atom is 0.156 e. The Labute approximate surface area is 146 Å². The van der Waals surface area contributed by atoms with Crippen LogP contribution < -0.4 is 10.1 Å². The van der Waals surface area contributed by atoms with Crippen LogP contribution in [0, 0.1) is 0 Å². The average molecular weight is 359 g/mol. The van der Waals surface area contributed by atoms with Crippen LogP contribution in [-0.4, -0.2) is 6.04 Å². The van der Waals surface area contributed by atoms with Crippen molar-refractivity contribution < 1.29 is 4.74 Å². The van der Waals surface area contributed by atoms with E-state index >= 15 is 0 Å². The summed E-state index contributed by atoms with van der Waals surface area (Å²) < 4.78 is 5.74. The summed E-state index contributed by atoms with van der Waals surface area (Å²) in [4.78, 5) is 0. The Morgan fingerprint density at radius 3 is 2.32 bits per heavy atom. The van der Waals surface area contributed by atoms with Gasteiger partial charge in [-0.25, -0.2) is 0 Å². The SMILES string of the molecule is CCC(C)Nc1cccc(COc2c(Cl)cccc2Cl)c1Cl. The zero-order valence-corrected chi connectivity index (χ0v) is 14.8. The first-order valence-corrected chi connectivity index (χ1v) is 8.27. The van der Waals surface area contributed by atoms with Gasteiger partial charge in [0.15, 0.2) is 5.75 Å². The normalized spacial score (nSPS) is 12.0. The van der Waals surface area contributed by atoms with Crippen molar-refractivity contribution in [3.8, 4) is 5.75 Å². The van der Waals surface area contributed by atoms with Crippen LogP contribution in [0.4, 0.5) is 5.69 Å². The van der Waals surface area contributed by atoms with Crippen molar-refractivity contribution in [3.05, 3.63) is 57.0 Å². The van der Waals surface area contributed by atoms with E-state index in [4.69, 9.17) is 39.5 Å². The van der Waals surface area contributed by atoms with Crippen LogP contribution in [0.15, 0.2) is 36.4 Å². The first-order chi connectivity index (χ1) is 10.5.